The van der Waals surface area contributed by atoms with Crippen LogP contribution in [-0.4, -0.2) is 35.2 Å². The van der Waals surface area contributed by atoms with Crippen LogP contribution >= 0.6 is 0 Å². The monoisotopic (exact) mass is 209 g/mol. The molecule has 4 heteroatoms. The van der Waals surface area contributed by atoms with Crippen molar-refractivity contribution in [1.29, 1.82) is 0 Å². The SMILES string of the molecule is CC[O][Ge]([O]CC)[O]CC. The molecule has 0 aromatic carbocycles. The standard InChI is InChI=1S/C6H15GeO3/c1-4-8-7(9-5-2)10-6-3/h4-6H2,1-3H3. The molecule has 0 fully saturated rings. The van der Waals surface area contributed by atoms with Crippen molar-refractivity contribution in [2.45, 2.75) is 20.8 Å². The van der Waals surface area contributed by atoms with Crippen LogP contribution in [0.15, 0.2) is 0 Å². The molecule has 0 unspecified atom stereocenters. The van der Waals surface area contributed by atoms with E-state index in [4.69, 9.17) is 11.3 Å². The predicted octanol–water partition coefficient (Wildman–Crippen LogP) is 1.08. The molecule has 0 aromatic heterocycles. The van der Waals surface area contributed by atoms with Crippen molar-refractivity contribution in [1.82, 2.24) is 0 Å². The number of hydrogen-bond acceptors (Lipinski definition) is 3. The molecule has 0 amide bonds. The van der Waals surface area contributed by atoms with Crippen LogP contribution in [0.1, 0.15) is 20.8 Å². The van der Waals surface area contributed by atoms with Crippen molar-refractivity contribution in [3.05, 3.63) is 0 Å². The zero-order chi connectivity index (χ0) is 7.82. The average molecular weight is 208 g/mol. The molecule has 0 aliphatic carbocycles. The van der Waals surface area contributed by atoms with Crippen LogP contribution < -0.4 is 0 Å². The molecule has 0 heterocycles. The van der Waals surface area contributed by atoms with Crippen LogP contribution in [0.5, 0.6) is 0 Å². The third-order valence-corrected chi connectivity index (χ3v) is 4.09. The summed E-state index contributed by atoms with van der Waals surface area (Å²) >= 11 is -1.99. The van der Waals surface area contributed by atoms with E-state index in [1.165, 1.54) is 0 Å². The molecule has 0 saturated heterocycles. The van der Waals surface area contributed by atoms with E-state index in [0.29, 0.717) is 19.8 Å². The topological polar surface area (TPSA) is 27.7 Å². The molecule has 61 valence electrons. The van der Waals surface area contributed by atoms with Crippen molar-refractivity contribution >= 4 is 15.4 Å². The van der Waals surface area contributed by atoms with E-state index in [-0.39, 0.29) is 0 Å². The maximum atomic E-state index is 5.24. The zero-order valence-electron chi connectivity index (χ0n) is 6.85. The van der Waals surface area contributed by atoms with Gasteiger partial charge in [-0.2, -0.15) is 0 Å². The molecule has 0 aliphatic rings. The Hall–Kier alpha value is 0.423. The molecule has 1 radical (unpaired) electrons. The quantitative estimate of drug-likeness (QED) is 0.611. The van der Waals surface area contributed by atoms with E-state index in [1.807, 2.05) is 20.8 Å². The summed E-state index contributed by atoms with van der Waals surface area (Å²) in [6.45, 7) is 7.92. The van der Waals surface area contributed by atoms with Gasteiger partial charge in [0.05, 0.1) is 0 Å². The Labute approximate surface area is 67.8 Å². The Morgan fingerprint density at radius 2 is 1.10 bits per heavy atom. The Bertz CT molecular complexity index is 55.7. The van der Waals surface area contributed by atoms with Crippen LogP contribution in [0.2, 0.25) is 0 Å². The van der Waals surface area contributed by atoms with E-state index in [2.05, 4.69) is 0 Å². The summed E-state index contributed by atoms with van der Waals surface area (Å²) in [4.78, 5) is 0. The van der Waals surface area contributed by atoms with Crippen LogP contribution in [0.4, 0.5) is 0 Å². The van der Waals surface area contributed by atoms with Gasteiger partial charge in [-0.05, 0) is 0 Å². The molecule has 10 heavy (non-hydrogen) atoms. The van der Waals surface area contributed by atoms with Gasteiger partial charge < -0.3 is 0 Å². The Morgan fingerprint density at radius 3 is 1.30 bits per heavy atom. The molecule has 0 rings (SSSR count). The summed E-state index contributed by atoms with van der Waals surface area (Å²) < 4.78 is 15.7. The van der Waals surface area contributed by atoms with E-state index in [1.54, 1.807) is 0 Å². The van der Waals surface area contributed by atoms with Crippen LogP contribution in [-0.2, 0) is 11.3 Å². The van der Waals surface area contributed by atoms with Gasteiger partial charge in [-0.15, -0.1) is 0 Å². The summed E-state index contributed by atoms with van der Waals surface area (Å²) in [5, 5.41) is 0. The third-order valence-electron chi connectivity index (χ3n) is 0.787. The molecule has 0 spiro atoms. The molecule has 0 aromatic rings. The second kappa shape index (κ2) is 7.53. The van der Waals surface area contributed by atoms with Crippen molar-refractivity contribution in [2.24, 2.45) is 0 Å². The van der Waals surface area contributed by atoms with Gasteiger partial charge in [-0.25, -0.2) is 0 Å². The Balaban J connectivity index is 3.30. The average Bonchev–Trinajstić information content (AvgIpc) is 1.90. The Morgan fingerprint density at radius 1 is 0.800 bits per heavy atom. The van der Waals surface area contributed by atoms with Crippen LogP contribution in [0.25, 0.3) is 0 Å². The third kappa shape index (κ3) is 5.23. The van der Waals surface area contributed by atoms with E-state index in [0.717, 1.165) is 0 Å². The van der Waals surface area contributed by atoms with Gasteiger partial charge in [0.1, 0.15) is 0 Å². The fraction of sp³-hybridized carbons (Fsp3) is 1.00. The molecular weight excluding hydrogens is 193 g/mol. The van der Waals surface area contributed by atoms with Crippen molar-refractivity contribution < 1.29 is 11.3 Å². The predicted molar refractivity (Wildman–Crippen MR) is 40.6 cm³/mol. The second-order valence-electron chi connectivity index (χ2n) is 1.55. The van der Waals surface area contributed by atoms with Gasteiger partial charge in [0.25, 0.3) is 0 Å². The summed E-state index contributed by atoms with van der Waals surface area (Å²) in [6.07, 6.45) is 0. The Kier molecular flexibility index (Phi) is 7.85. The van der Waals surface area contributed by atoms with E-state index < -0.39 is 15.4 Å². The summed E-state index contributed by atoms with van der Waals surface area (Å²) in [7, 11) is 0. The first-order valence-electron chi connectivity index (χ1n) is 3.60. The molecule has 0 atom stereocenters. The molecule has 0 aliphatic heterocycles. The molecule has 3 nitrogen and oxygen atoms in total. The second-order valence-corrected chi connectivity index (χ2v) is 4.42. The van der Waals surface area contributed by atoms with Crippen LogP contribution in [0, 0.1) is 0 Å². The molecule has 0 saturated carbocycles. The first-order valence-corrected chi connectivity index (χ1v) is 6.17. The van der Waals surface area contributed by atoms with Gasteiger partial charge in [0.15, 0.2) is 0 Å². The van der Waals surface area contributed by atoms with Crippen LogP contribution in [0.3, 0.4) is 0 Å². The fourth-order valence-corrected chi connectivity index (χ4v) is 2.49. The summed E-state index contributed by atoms with van der Waals surface area (Å²) in [5.41, 5.74) is 0. The number of hydrogen-bond donors (Lipinski definition) is 0. The first kappa shape index (κ1) is 10.4. The van der Waals surface area contributed by atoms with Gasteiger partial charge in [-0.1, -0.05) is 0 Å². The van der Waals surface area contributed by atoms with E-state index in [9.17, 15) is 0 Å². The molecular formula is C6H15GeO3. The minimum absolute atomic E-state index is 0.690. The van der Waals surface area contributed by atoms with Gasteiger partial charge in [0, 0.05) is 0 Å². The molecule has 0 N–H and O–H groups in total. The van der Waals surface area contributed by atoms with Crippen molar-refractivity contribution in [2.75, 3.05) is 19.8 Å². The van der Waals surface area contributed by atoms with Crippen molar-refractivity contribution in [3.63, 3.8) is 0 Å². The number of rotatable bonds is 6. The van der Waals surface area contributed by atoms with Gasteiger partial charge >= 0.3 is 67.2 Å². The maximum absolute atomic E-state index is 5.24. The summed E-state index contributed by atoms with van der Waals surface area (Å²) in [6, 6.07) is 0. The minimum atomic E-state index is -1.99. The normalized spacial score (nSPS) is 10.8. The van der Waals surface area contributed by atoms with Crippen molar-refractivity contribution in [3.8, 4) is 0 Å². The zero-order valence-corrected chi connectivity index (χ0v) is 8.94. The molecule has 0 bridgehead atoms. The fourth-order valence-electron chi connectivity index (χ4n) is 0.479. The summed E-state index contributed by atoms with van der Waals surface area (Å²) in [5.74, 6) is 0. The van der Waals surface area contributed by atoms with E-state index >= 15 is 0 Å². The first-order chi connectivity index (χ1) is 4.85. The van der Waals surface area contributed by atoms with Gasteiger partial charge in [0.2, 0.25) is 0 Å². The van der Waals surface area contributed by atoms with Gasteiger partial charge in [-0.3, -0.25) is 0 Å².